The van der Waals surface area contributed by atoms with E-state index in [0.29, 0.717) is 18.0 Å². The van der Waals surface area contributed by atoms with Gasteiger partial charge in [0.25, 0.3) is 0 Å². The van der Waals surface area contributed by atoms with E-state index in [-0.39, 0.29) is 0 Å². The molecule has 0 radical (unpaired) electrons. The SMILES string of the molecule is Cc1ccc(Cn2cc(C(=O)O)c3cccc(C(C)C)c32)nc1. The van der Waals surface area contributed by atoms with Gasteiger partial charge in [-0.05, 0) is 30.0 Å². The molecule has 0 unspecified atom stereocenters. The maximum atomic E-state index is 11.6. The molecule has 3 rings (SSSR count). The Bertz CT molecular complexity index is 861. The summed E-state index contributed by atoms with van der Waals surface area (Å²) in [5, 5.41) is 10.3. The Kier molecular flexibility index (Phi) is 3.90. The first-order valence-electron chi connectivity index (χ1n) is 7.74. The Morgan fingerprint density at radius 1 is 1.26 bits per heavy atom. The first kappa shape index (κ1) is 15.3. The molecule has 0 atom stereocenters. The van der Waals surface area contributed by atoms with Crippen LogP contribution in [-0.2, 0) is 6.54 Å². The van der Waals surface area contributed by atoms with Crippen LogP contribution in [0.5, 0.6) is 0 Å². The van der Waals surface area contributed by atoms with Crippen LogP contribution in [0.25, 0.3) is 10.9 Å². The van der Waals surface area contributed by atoms with E-state index in [9.17, 15) is 9.90 Å². The third kappa shape index (κ3) is 2.84. The topological polar surface area (TPSA) is 55.1 Å². The van der Waals surface area contributed by atoms with E-state index in [1.807, 2.05) is 42.0 Å². The summed E-state index contributed by atoms with van der Waals surface area (Å²) in [5.41, 5.74) is 4.52. The largest absolute Gasteiger partial charge is 0.478 e. The van der Waals surface area contributed by atoms with Crippen molar-refractivity contribution >= 4 is 16.9 Å². The van der Waals surface area contributed by atoms with Gasteiger partial charge in [0.2, 0.25) is 0 Å². The number of hydrogen-bond donors (Lipinski definition) is 1. The van der Waals surface area contributed by atoms with Crippen molar-refractivity contribution in [3.8, 4) is 0 Å². The van der Waals surface area contributed by atoms with Gasteiger partial charge in [0.1, 0.15) is 0 Å². The smallest absolute Gasteiger partial charge is 0.337 e. The van der Waals surface area contributed by atoms with Gasteiger partial charge < -0.3 is 9.67 Å². The van der Waals surface area contributed by atoms with Gasteiger partial charge >= 0.3 is 5.97 Å². The van der Waals surface area contributed by atoms with Gasteiger partial charge in [0.15, 0.2) is 0 Å². The molecule has 0 aliphatic carbocycles. The number of carbonyl (C=O) groups is 1. The van der Waals surface area contributed by atoms with E-state index in [1.54, 1.807) is 6.20 Å². The van der Waals surface area contributed by atoms with Crippen LogP contribution in [0, 0.1) is 6.92 Å². The molecule has 1 aromatic carbocycles. The Morgan fingerprint density at radius 3 is 2.65 bits per heavy atom. The molecule has 23 heavy (non-hydrogen) atoms. The van der Waals surface area contributed by atoms with Gasteiger partial charge in [-0.25, -0.2) is 4.79 Å². The average Bonchev–Trinajstić information content (AvgIpc) is 2.88. The normalized spacial score (nSPS) is 11.3. The minimum Gasteiger partial charge on any atom is -0.478 e. The van der Waals surface area contributed by atoms with Crippen LogP contribution in [-0.4, -0.2) is 20.6 Å². The number of carboxylic acid groups (broad SMARTS) is 1. The highest BCUT2D eigenvalue weighted by atomic mass is 16.4. The molecule has 0 saturated carbocycles. The predicted molar refractivity (Wildman–Crippen MR) is 91.1 cm³/mol. The monoisotopic (exact) mass is 308 g/mol. The Hall–Kier alpha value is -2.62. The molecule has 118 valence electrons. The van der Waals surface area contributed by atoms with Crippen molar-refractivity contribution in [2.45, 2.75) is 33.2 Å². The van der Waals surface area contributed by atoms with E-state index in [4.69, 9.17) is 0 Å². The van der Waals surface area contributed by atoms with Crippen LogP contribution in [0.15, 0.2) is 42.7 Å². The summed E-state index contributed by atoms with van der Waals surface area (Å²) < 4.78 is 2.01. The fraction of sp³-hybridized carbons (Fsp3) is 0.263. The number of carboxylic acids is 1. The number of benzene rings is 1. The maximum Gasteiger partial charge on any atom is 0.337 e. The third-order valence-electron chi connectivity index (χ3n) is 4.09. The van der Waals surface area contributed by atoms with E-state index in [2.05, 4.69) is 24.9 Å². The van der Waals surface area contributed by atoms with Crippen molar-refractivity contribution in [2.24, 2.45) is 0 Å². The Morgan fingerprint density at radius 2 is 2.04 bits per heavy atom. The summed E-state index contributed by atoms with van der Waals surface area (Å²) in [6, 6.07) is 9.88. The number of nitrogens with zero attached hydrogens (tertiary/aromatic N) is 2. The minimum absolute atomic E-state index is 0.319. The molecule has 4 nitrogen and oxygen atoms in total. The fourth-order valence-electron chi connectivity index (χ4n) is 2.92. The lowest BCUT2D eigenvalue weighted by atomic mass is 9.99. The minimum atomic E-state index is -0.897. The predicted octanol–water partition coefficient (Wildman–Crippen LogP) is 4.21. The molecule has 2 aromatic heterocycles. The van der Waals surface area contributed by atoms with Crippen LogP contribution in [0.4, 0.5) is 0 Å². The molecule has 1 N–H and O–H groups in total. The summed E-state index contributed by atoms with van der Waals surface area (Å²) in [7, 11) is 0. The first-order valence-corrected chi connectivity index (χ1v) is 7.74. The molecule has 0 amide bonds. The summed E-state index contributed by atoms with van der Waals surface area (Å²) in [4.78, 5) is 16.0. The number of aromatic carboxylic acids is 1. The molecule has 4 heteroatoms. The number of pyridine rings is 1. The molecule has 0 bridgehead atoms. The number of aromatic nitrogens is 2. The highest BCUT2D eigenvalue weighted by Gasteiger charge is 2.18. The van der Waals surface area contributed by atoms with Gasteiger partial charge in [-0.1, -0.05) is 38.1 Å². The standard InChI is InChI=1S/C19H20N2O2/c1-12(2)15-5-4-6-16-17(19(22)23)11-21(18(15)16)10-14-8-7-13(3)9-20-14/h4-9,11-12H,10H2,1-3H3,(H,22,23). The molecule has 3 aromatic rings. The van der Waals surface area contributed by atoms with Gasteiger partial charge in [0, 0.05) is 17.8 Å². The van der Waals surface area contributed by atoms with Crippen LogP contribution in [0.3, 0.4) is 0 Å². The number of fused-ring (bicyclic) bond motifs is 1. The van der Waals surface area contributed by atoms with E-state index in [1.165, 1.54) is 0 Å². The number of rotatable bonds is 4. The fourth-order valence-corrected chi connectivity index (χ4v) is 2.92. The maximum absolute atomic E-state index is 11.6. The lowest BCUT2D eigenvalue weighted by Crippen LogP contribution is -2.03. The average molecular weight is 308 g/mol. The zero-order chi connectivity index (χ0) is 16.6. The summed E-state index contributed by atoms with van der Waals surface area (Å²) >= 11 is 0. The third-order valence-corrected chi connectivity index (χ3v) is 4.09. The number of hydrogen-bond acceptors (Lipinski definition) is 2. The van der Waals surface area contributed by atoms with Crippen LogP contribution < -0.4 is 0 Å². The highest BCUT2D eigenvalue weighted by molar-refractivity contribution is 6.04. The number of para-hydroxylation sites is 1. The van der Waals surface area contributed by atoms with Crippen molar-refractivity contribution < 1.29 is 9.90 Å². The summed E-state index contributed by atoms with van der Waals surface area (Å²) in [5.74, 6) is -0.577. The van der Waals surface area contributed by atoms with Crippen molar-refractivity contribution in [3.63, 3.8) is 0 Å². The van der Waals surface area contributed by atoms with Crippen molar-refractivity contribution in [2.75, 3.05) is 0 Å². The van der Waals surface area contributed by atoms with Crippen LogP contribution in [0.1, 0.15) is 46.9 Å². The molecule has 0 aliphatic rings. The van der Waals surface area contributed by atoms with Crippen molar-refractivity contribution in [1.82, 2.24) is 9.55 Å². The first-order chi connectivity index (χ1) is 11.0. The molecule has 0 aliphatic heterocycles. The van der Waals surface area contributed by atoms with Gasteiger partial charge in [-0.2, -0.15) is 0 Å². The molecule has 2 heterocycles. The van der Waals surface area contributed by atoms with Crippen molar-refractivity contribution in [3.05, 3.63) is 65.1 Å². The van der Waals surface area contributed by atoms with Crippen LogP contribution >= 0.6 is 0 Å². The Labute approximate surface area is 135 Å². The van der Waals surface area contributed by atoms with Gasteiger partial charge in [-0.3, -0.25) is 4.98 Å². The van der Waals surface area contributed by atoms with E-state index in [0.717, 1.165) is 27.7 Å². The van der Waals surface area contributed by atoms with Gasteiger partial charge in [-0.15, -0.1) is 0 Å². The second kappa shape index (κ2) is 5.88. The lowest BCUT2D eigenvalue weighted by molar-refractivity contribution is 0.0699. The molecular weight excluding hydrogens is 288 g/mol. The van der Waals surface area contributed by atoms with E-state index >= 15 is 0 Å². The zero-order valence-corrected chi connectivity index (χ0v) is 13.6. The summed E-state index contributed by atoms with van der Waals surface area (Å²) in [6.45, 7) is 6.81. The van der Waals surface area contributed by atoms with Crippen LogP contribution in [0.2, 0.25) is 0 Å². The molecule has 0 saturated heterocycles. The Balaban J connectivity index is 2.18. The van der Waals surface area contributed by atoms with E-state index < -0.39 is 5.97 Å². The quantitative estimate of drug-likeness (QED) is 0.785. The molecule has 0 fully saturated rings. The lowest BCUT2D eigenvalue weighted by Gasteiger charge is -2.12. The summed E-state index contributed by atoms with van der Waals surface area (Å²) in [6.07, 6.45) is 3.56. The number of aryl methyl sites for hydroxylation is 1. The second-order valence-corrected chi connectivity index (χ2v) is 6.20. The zero-order valence-electron chi connectivity index (χ0n) is 13.6. The van der Waals surface area contributed by atoms with Gasteiger partial charge in [0.05, 0.1) is 23.3 Å². The molecule has 0 spiro atoms. The molecular formula is C19H20N2O2. The highest BCUT2D eigenvalue weighted by Crippen LogP contribution is 2.30. The van der Waals surface area contributed by atoms with Crippen molar-refractivity contribution in [1.29, 1.82) is 0 Å². The second-order valence-electron chi connectivity index (χ2n) is 6.20.